The number of aliphatic imine (C=N–C) groups is 1. The monoisotopic (exact) mass is 391 g/mol. The number of fused-ring (bicyclic) bond motifs is 1. The molecule has 7 heteroatoms. The van der Waals surface area contributed by atoms with Gasteiger partial charge in [-0.3, -0.25) is 10.4 Å². The lowest BCUT2D eigenvalue weighted by atomic mass is 10.1. The molecule has 138 valence electrons. The van der Waals surface area contributed by atoms with Crippen LogP contribution in [0, 0.1) is 5.92 Å². The van der Waals surface area contributed by atoms with Crippen LogP contribution in [0.4, 0.5) is 5.69 Å². The van der Waals surface area contributed by atoms with Gasteiger partial charge in [-0.2, -0.15) is 0 Å². The van der Waals surface area contributed by atoms with Crippen LogP contribution in [-0.2, 0) is 9.84 Å². The third-order valence-electron chi connectivity index (χ3n) is 4.30. The number of rotatable bonds is 2. The van der Waals surface area contributed by atoms with Gasteiger partial charge in [0.05, 0.1) is 21.3 Å². The molecular weight excluding hydrogens is 370 g/mol. The molecule has 0 amide bonds. The minimum absolute atomic E-state index is 0.170. The average Bonchev–Trinajstić information content (AvgIpc) is 2.72. The Kier molecular flexibility index (Phi) is 5.53. The van der Waals surface area contributed by atoms with Crippen LogP contribution in [0.2, 0.25) is 0 Å². The summed E-state index contributed by atoms with van der Waals surface area (Å²) < 4.78 is 23.2. The molecule has 26 heavy (non-hydrogen) atoms. The summed E-state index contributed by atoms with van der Waals surface area (Å²) in [6.45, 7) is 2.09. The van der Waals surface area contributed by atoms with Crippen molar-refractivity contribution < 1.29 is 8.42 Å². The number of nitrogens with one attached hydrogen (secondary N) is 1. The van der Waals surface area contributed by atoms with Crippen LogP contribution >= 0.6 is 11.6 Å². The second-order valence-corrected chi connectivity index (χ2v) is 8.91. The summed E-state index contributed by atoms with van der Waals surface area (Å²) in [5, 5.41) is 2.62. The summed E-state index contributed by atoms with van der Waals surface area (Å²) in [7, 11) is -3.21. The third kappa shape index (κ3) is 4.37. The molecule has 0 spiro atoms. The smallest absolute Gasteiger partial charge is 0.175 e. The predicted molar refractivity (Wildman–Crippen MR) is 106 cm³/mol. The molecule has 1 aromatic rings. The Labute approximate surface area is 159 Å². The van der Waals surface area contributed by atoms with Crippen LogP contribution in [-0.4, -0.2) is 25.5 Å². The maximum atomic E-state index is 11.6. The van der Waals surface area contributed by atoms with E-state index in [2.05, 4.69) is 24.5 Å². The first-order valence-electron chi connectivity index (χ1n) is 8.52. The van der Waals surface area contributed by atoms with Crippen LogP contribution in [0.1, 0.15) is 26.2 Å². The Hall–Kier alpha value is -2.05. The number of hydrogen-bond acceptors (Lipinski definition) is 4. The molecule has 0 bridgehead atoms. The van der Waals surface area contributed by atoms with E-state index in [0.29, 0.717) is 5.69 Å². The molecule has 1 unspecified atom stereocenters. The summed E-state index contributed by atoms with van der Waals surface area (Å²) in [5.74, 6) is 0.973. The van der Waals surface area contributed by atoms with Crippen molar-refractivity contribution in [3.05, 3.63) is 59.4 Å². The van der Waals surface area contributed by atoms with Gasteiger partial charge in [0.1, 0.15) is 5.84 Å². The fraction of sp³-hybridized carbons (Fsp3) is 0.316. The molecule has 2 heterocycles. The van der Waals surface area contributed by atoms with Crippen LogP contribution in [0.15, 0.2) is 69.3 Å². The van der Waals surface area contributed by atoms with Gasteiger partial charge in [0.25, 0.3) is 0 Å². The summed E-state index contributed by atoms with van der Waals surface area (Å²) in [6, 6.07) is 6.59. The lowest BCUT2D eigenvalue weighted by Gasteiger charge is -2.26. The Morgan fingerprint density at radius 3 is 2.62 bits per heavy atom. The average molecular weight is 392 g/mol. The van der Waals surface area contributed by atoms with Crippen molar-refractivity contribution in [1.29, 1.82) is 0 Å². The predicted octanol–water partition coefficient (Wildman–Crippen LogP) is 4.28. The topological polar surface area (TPSA) is 61.8 Å². The molecule has 2 aliphatic heterocycles. The second-order valence-electron chi connectivity index (χ2n) is 6.49. The molecule has 0 fully saturated rings. The van der Waals surface area contributed by atoms with Crippen molar-refractivity contribution in [2.24, 2.45) is 10.9 Å². The summed E-state index contributed by atoms with van der Waals surface area (Å²) in [4.78, 5) is 4.98. The summed E-state index contributed by atoms with van der Waals surface area (Å²) in [5.41, 5.74) is 4.97. The highest BCUT2D eigenvalue weighted by Gasteiger charge is 2.21. The number of amidine groups is 1. The van der Waals surface area contributed by atoms with E-state index in [1.54, 1.807) is 24.3 Å². The summed E-state index contributed by atoms with van der Waals surface area (Å²) >= 11 is 6.44. The summed E-state index contributed by atoms with van der Waals surface area (Å²) in [6.07, 6.45) is 12.1. The molecular formula is C19H22ClN3O2S. The maximum absolute atomic E-state index is 11.6. The molecule has 1 atom stereocenters. The minimum Gasteiger partial charge on any atom is -0.281 e. The number of sulfone groups is 1. The quantitative estimate of drug-likeness (QED) is 0.817. The van der Waals surface area contributed by atoms with E-state index in [-0.39, 0.29) is 10.8 Å². The standard InChI is InChI=1S/C19H22ClN3O2S/c1-14-7-12-18-17(20)6-4-3-5-13-23(18)22-19(14)21-15-8-10-16(11-9-15)26(2,24)25/h5-6,8-14H,3-4,7H2,1-2H3,(H,21,22). The first-order chi connectivity index (χ1) is 12.3. The van der Waals surface area contributed by atoms with Crippen molar-refractivity contribution in [2.45, 2.75) is 31.1 Å². The fourth-order valence-electron chi connectivity index (χ4n) is 2.76. The number of hydrazine groups is 1. The Bertz CT molecular complexity index is 899. The largest absolute Gasteiger partial charge is 0.281 e. The zero-order chi connectivity index (χ0) is 18.7. The lowest BCUT2D eigenvalue weighted by Crippen LogP contribution is -2.39. The normalized spacial score (nSPS) is 22.5. The van der Waals surface area contributed by atoms with Crippen LogP contribution in [0.5, 0.6) is 0 Å². The van der Waals surface area contributed by atoms with Gasteiger partial charge in [0, 0.05) is 18.4 Å². The van der Waals surface area contributed by atoms with Crippen LogP contribution < -0.4 is 5.43 Å². The van der Waals surface area contributed by atoms with Gasteiger partial charge in [-0.25, -0.2) is 13.4 Å². The van der Waals surface area contributed by atoms with Gasteiger partial charge >= 0.3 is 0 Å². The van der Waals surface area contributed by atoms with Gasteiger partial charge in [-0.15, -0.1) is 0 Å². The minimum atomic E-state index is -3.21. The molecule has 5 nitrogen and oxygen atoms in total. The molecule has 1 N–H and O–H groups in total. The van der Waals surface area contributed by atoms with E-state index in [1.165, 1.54) is 6.26 Å². The molecule has 0 saturated heterocycles. The molecule has 3 rings (SSSR count). The van der Waals surface area contributed by atoms with Gasteiger partial charge in [0.15, 0.2) is 9.84 Å². The number of hydrogen-bond donors (Lipinski definition) is 1. The van der Waals surface area contributed by atoms with E-state index < -0.39 is 9.84 Å². The number of benzene rings is 1. The van der Waals surface area contributed by atoms with Crippen LogP contribution in [0.25, 0.3) is 0 Å². The second kappa shape index (κ2) is 7.68. The first-order valence-corrected chi connectivity index (χ1v) is 10.8. The Morgan fingerprint density at radius 2 is 1.92 bits per heavy atom. The van der Waals surface area contributed by atoms with E-state index in [0.717, 1.165) is 35.8 Å². The van der Waals surface area contributed by atoms with Crippen molar-refractivity contribution in [1.82, 2.24) is 10.4 Å². The van der Waals surface area contributed by atoms with Gasteiger partial charge in [-0.05, 0) is 43.5 Å². The highest BCUT2D eigenvalue weighted by Crippen LogP contribution is 2.27. The first kappa shape index (κ1) is 18.7. The van der Waals surface area contributed by atoms with Crippen molar-refractivity contribution in [3.8, 4) is 0 Å². The molecule has 0 aliphatic carbocycles. The van der Waals surface area contributed by atoms with Gasteiger partial charge in [-0.1, -0.05) is 36.8 Å². The van der Waals surface area contributed by atoms with E-state index in [4.69, 9.17) is 16.6 Å². The zero-order valence-corrected chi connectivity index (χ0v) is 16.4. The van der Waals surface area contributed by atoms with Gasteiger partial charge < -0.3 is 0 Å². The van der Waals surface area contributed by atoms with Gasteiger partial charge in [0.2, 0.25) is 0 Å². The maximum Gasteiger partial charge on any atom is 0.175 e. The fourth-order valence-corrected chi connectivity index (χ4v) is 3.66. The third-order valence-corrected chi connectivity index (χ3v) is 5.77. The van der Waals surface area contributed by atoms with Crippen molar-refractivity contribution >= 4 is 33.0 Å². The highest BCUT2D eigenvalue weighted by atomic mass is 35.5. The van der Waals surface area contributed by atoms with E-state index in [1.807, 2.05) is 17.3 Å². The number of halogens is 1. The van der Waals surface area contributed by atoms with Crippen molar-refractivity contribution in [3.63, 3.8) is 0 Å². The number of allylic oxidation sites excluding steroid dienone is 4. The van der Waals surface area contributed by atoms with E-state index in [9.17, 15) is 8.42 Å². The Morgan fingerprint density at radius 1 is 1.19 bits per heavy atom. The molecule has 0 aromatic heterocycles. The van der Waals surface area contributed by atoms with Crippen LogP contribution in [0.3, 0.4) is 0 Å². The number of nitrogens with zero attached hydrogens (tertiary/aromatic N) is 2. The zero-order valence-electron chi connectivity index (χ0n) is 14.8. The SMILES string of the molecule is CC1CC=C2C(Cl)=CCCC=CN2NC1=Nc1ccc(S(C)(=O)=O)cc1. The lowest BCUT2D eigenvalue weighted by molar-refractivity contribution is 0.422. The molecule has 0 radical (unpaired) electrons. The Balaban J connectivity index is 1.90. The van der Waals surface area contributed by atoms with E-state index >= 15 is 0 Å². The van der Waals surface area contributed by atoms with Crippen molar-refractivity contribution in [2.75, 3.05) is 6.26 Å². The molecule has 2 aliphatic rings. The highest BCUT2D eigenvalue weighted by molar-refractivity contribution is 7.90. The molecule has 0 saturated carbocycles. The molecule has 1 aromatic carbocycles.